The smallest absolute Gasteiger partial charge is 0 e. The largest absolute Gasteiger partial charge is 0 e. The van der Waals surface area contributed by atoms with Crippen molar-refractivity contribution < 1.29 is 52.7 Å². The van der Waals surface area contributed by atoms with Gasteiger partial charge in [-0.25, -0.2) is 0 Å². The maximum Gasteiger partial charge on any atom is 0 e. The normalized spacial score (nSPS) is 0. The van der Waals surface area contributed by atoms with Gasteiger partial charge in [0.2, 0.25) is 0 Å². The van der Waals surface area contributed by atoms with Crippen molar-refractivity contribution in [2.45, 2.75) is 0 Å². The van der Waals surface area contributed by atoms with Gasteiger partial charge >= 0.3 is 0 Å². The Kier molecular flexibility index (Phi) is 141. The summed E-state index contributed by atoms with van der Waals surface area (Å²) in [5, 5.41) is 0. The third-order valence-corrected chi connectivity index (χ3v) is 0. The second kappa shape index (κ2) is 22.6. The van der Waals surface area contributed by atoms with Gasteiger partial charge in [0.25, 0.3) is 0 Å². The zero-order chi connectivity index (χ0) is 0. The fraction of sp³-hybridized carbons (Fsp3) is 0. The van der Waals surface area contributed by atoms with Crippen molar-refractivity contribution in [1.82, 2.24) is 0 Å². The third-order valence-electron chi connectivity index (χ3n) is 0. The van der Waals surface area contributed by atoms with Gasteiger partial charge in [-0.15, -0.1) is 0 Å². The Bertz CT molecular complexity index is 11.6. The molecule has 0 saturated carbocycles. The van der Waals surface area contributed by atoms with Crippen LogP contribution in [-0.2, 0) is 17.1 Å². The van der Waals surface area contributed by atoms with Gasteiger partial charge in [-0.3, -0.25) is 0 Å². The van der Waals surface area contributed by atoms with Crippen LogP contribution in [0.2, 0.25) is 0 Å². The van der Waals surface area contributed by atoms with Gasteiger partial charge in [0.05, 0.1) is 0 Å². The summed E-state index contributed by atoms with van der Waals surface area (Å²) in [5.41, 5.74) is 0. The van der Waals surface area contributed by atoms with E-state index in [0.717, 1.165) is 0 Å². The molecule has 0 nitrogen and oxygen atoms in total. The Morgan fingerprint density at radius 3 is 1.00 bits per heavy atom. The molecule has 0 rings (SSSR count). The molecule has 0 bridgehead atoms. The maximum absolute atomic E-state index is 0. The van der Waals surface area contributed by atoms with Crippen molar-refractivity contribution >= 4 is 120 Å². The second-order valence-electron chi connectivity index (χ2n) is 0. The molecule has 0 heterocycles. The summed E-state index contributed by atoms with van der Waals surface area (Å²) in [6.07, 6.45) is 0. The van der Waals surface area contributed by atoms with Crippen LogP contribution in [0.1, 0.15) is 0 Å². The minimum Gasteiger partial charge on any atom is 0 e. The van der Waals surface area contributed by atoms with Crippen molar-refractivity contribution in [3.05, 3.63) is 0 Å². The monoisotopic (exact) mass is 536 g/mol. The average Bonchev–Trinajstić information content (AvgIpc) is 0. The number of rotatable bonds is 0. The van der Waals surface area contributed by atoms with E-state index in [-0.39, 0.29) is 173 Å². The Balaban J connectivity index is 0. The van der Waals surface area contributed by atoms with Crippen LogP contribution in [0.15, 0.2) is 0 Å². The molecule has 8 radical (unpaired) electrons. The van der Waals surface area contributed by atoms with Crippen molar-refractivity contribution in [1.29, 1.82) is 0 Å². The Hall–Kier alpha value is 5.64. The predicted molar refractivity (Wildman–Crippen MR) is 17.3 cm³/mol. The summed E-state index contributed by atoms with van der Waals surface area (Å²) in [7, 11) is 0. The molecule has 0 N–H and O–H groups in total. The van der Waals surface area contributed by atoms with Crippen molar-refractivity contribution in [3.8, 4) is 0 Å². The van der Waals surface area contributed by atoms with Crippen LogP contribution in [0.3, 0.4) is 0 Å². The molecule has 0 aromatic heterocycles. The van der Waals surface area contributed by atoms with E-state index >= 15 is 0 Å². The molecule has 0 aliphatic heterocycles. The molecule has 5 heteroatoms. The van der Waals surface area contributed by atoms with Gasteiger partial charge in [-0.1, -0.05) is 0 Å². The summed E-state index contributed by atoms with van der Waals surface area (Å²) in [5.74, 6) is 0. The Morgan fingerprint density at radius 2 is 1.00 bits per heavy atom. The quantitative estimate of drug-likeness (QED) is 0.345. The minimum absolute atomic E-state index is 0. The minimum atomic E-state index is 0. The molecule has 18 valence electrons. The van der Waals surface area contributed by atoms with Crippen molar-refractivity contribution in [2.75, 3.05) is 0 Å². The maximum atomic E-state index is 0. The molecular weight excluding hydrogens is 535 g/mol. The molecule has 0 fully saturated rings. The summed E-state index contributed by atoms with van der Waals surface area (Å²) >= 11 is 0. The summed E-state index contributed by atoms with van der Waals surface area (Å²) in [6.45, 7) is 0. The molecule has 0 unspecified atom stereocenters. The van der Waals surface area contributed by atoms with Crippen molar-refractivity contribution in [3.63, 3.8) is 0 Å². The van der Waals surface area contributed by atoms with Gasteiger partial charge in [0.15, 0.2) is 0 Å². The van der Waals surface area contributed by atoms with E-state index in [0.29, 0.717) is 0 Å². The first-order valence-corrected chi connectivity index (χ1v) is 0. The molecular formula is BaFeInLaSr. The molecule has 0 aliphatic rings. The summed E-state index contributed by atoms with van der Waals surface area (Å²) < 4.78 is 0. The van der Waals surface area contributed by atoms with E-state index in [1.807, 2.05) is 0 Å². The number of hydrogen-bond donors (Lipinski definition) is 0. The van der Waals surface area contributed by atoms with Gasteiger partial charge in [-0.2, -0.15) is 0 Å². The SMILES string of the molecule is [Ba].[Fe].[In].[La].[Sr]. The number of hydrogen-bond acceptors (Lipinski definition) is 0. The van der Waals surface area contributed by atoms with Crippen LogP contribution >= 0.6 is 0 Å². The first-order valence-electron chi connectivity index (χ1n) is 0. The molecule has 5 heavy (non-hydrogen) atoms. The standard InChI is InChI=1S/Ba.Fe.In.La.Sr. The molecule has 0 atom stereocenters. The molecule has 0 aliphatic carbocycles. The van der Waals surface area contributed by atoms with Crippen molar-refractivity contribution in [2.24, 2.45) is 0 Å². The fourth-order valence-electron chi connectivity index (χ4n) is 0. The first kappa shape index (κ1) is 31.1. The summed E-state index contributed by atoms with van der Waals surface area (Å²) in [4.78, 5) is 0. The van der Waals surface area contributed by atoms with E-state index in [9.17, 15) is 0 Å². The molecule has 0 saturated heterocycles. The summed E-state index contributed by atoms with van der Waals surface area (Å²) in [6, 6.07) is 0. The molecule has 0 aromatic carbocycles. The fourth-order valence-corrected chi connectivity index (χ4v) is 0. The van der Waals surface area contributed by atoms with E-state index < -0.39 is 0 Å². The zero-order valence-corrected chi connectivity index (χ0v) is 18.9. The van der Waals surface area contributed by atoms with Gasteiger partial charge in [0, 0.05) is 173 Å². The van der Waals surface area contributed by atoms with Gasteiger partial charge in [0.1, 0.15) is 0 Å². The molecule has 0 amide bonds. The van der Waals surface area contributed by atoms with Gasteiger partial charge < -0.3 is 0 Å². The zero-order valence-electron chi connectivity index (χ0n) is 2.92. The van der Waals surface area contributed by atoms with Gasteiger partial charge in [-0.05, 0) is 0 Å². The topological polar surface area (TPSA) is 0 Å². The van der Waals surface area contributed by atoms with Crippen LogP contribution in [0, 0.1) is 35.6 Å². The second-order valence-corrected chi connectivity index (χ2v) is 0. The Labute approximate surface area is 167 Å². The van der Waals surface area contributed by atoms with Crippen LogP contribution < -0.4 is 0 Å². The van der Waals surface area contributed by atoms with E-state index in [4.69, 9.17) is 0 Å². The van der Waals surface area contributed by atoms with E-state index in [1.54, 1.807) is 0 Å². The average molecular weight is 535 g/mol. The Morgan fingerprint density at radius 1 is 1.00 bits per heavy atom. The van der Waals surface area contributed by atoms with Crippen LogP contribution in [0.25, 0.3) is 0 Å². The first-order chi connectivity index (χ1) is 0. The molecule has 0 spiro atoms. The van der Waals surface area contributed by atoms with E-state index in [1.165, 1.54) is 0 Å². The van der Waals surface area contributed by atoms with Crippen LogP contribution in [-0.4, -0.2) is 120 Å². The third kappa shape index (κ3) is 17.7. The predicted octanol–water partition coefficient (Wildman–Crippen LogP) is -1.14. The van der Waals surface area contributed by atoms with Crippen LogP contribution in [0.4, 0.5) is 0 Å². The van der Waals surface area contributed by atoms with Crippen LogP contribution in [0.5, 0.6) is 0 Å². The van der Waals surface area contributed by atoms with E-state index in [2.05, 4.69) is 0 Å². The molecule has 0 aromatic rings.